The Morgan fingerprint density at radius 2 is 1.85 bits per heavy atom. The second kappa shape index (κ2) is 7.99. The lowest BCUT2D eigenvalue weighted by Gasteiger charge is -2.15. The van der Waals surface area contributed by atoms with Crippen LogP contribution in [-0.2, 0) is 20.9 Å². The number of carbonyl (C=O) groups is 1. The van der Waals surface area contributed by atoms with E-state index in [2.05, 4.69) is 0 Å². The van der Waals surface area contributed by atoms with E-state index in [1.54, 1.807) is 25.1 Å². The number of carbonyl (C=O) groups excluding carboxylic acids is 1. The number of nitro groups is 1. The number of hydrogen-bond donors (Lipinski definition) is 0. The van der Waals surface area contributed by atoms with Gasteiger partial charge in [0.2, 0.25) is 5.76 Å². The zero-order valence-electron chi connectivity index (χ0n) is 14.6. The van der Waals surface area contributed by atoms with E-state index < -0.39 is 28.9 Å². The smallest absolute Gasteiger partial charge is 0.374 e. The van der Waals surface area contributed by atoms with Crippen LogP contribution in [-0.4, -0.2) is 17.1 Å². The Morgan fingerprint density at radius 3 is 2.48 bits per heavy atom. The molecule has 0 N–H and O–H groups in total. The molecule has 1 heterocycles. The number of halogens is 1. The first-order chi connectivity index (χ1) is 13.0. The summed E-state index contributed by atoms with van der Waals surface area (Å²) in [5.74, 6) is -2.56. The number of benzene rings is 2. The Labute approximate surface area is 155 Å². The maximum absolute atomic E-state index is 14.3. The van der Waals surface area contributed by atoms with Gasteiger partial charge in [0.15, 0.2) is 0 Å². The minimum Gasteiger partial charge on any atom is -0.455 e. The summed E-state index contributed by atoms with van der Waals surface area (Å²) in [6, 6.07) is 14.8. The van der Waals surface area contributed by atoms with Crippen LogP contribution in [0.2, 0.25) is 0 Å². The predicted molar refractivity (Wildman–Crippen MR) is 94.6 cm³/mol. The molecule has 0 bridgehead atoms. The summed E-state index contributed by atoms with van der Waals surface area (Å²) >= 11 is 0. The normalized spacial score (nSPS) is 18.9. The molecule has 0 fully saturated rings. The monoisotopic (exact) mass is 371 g/mol. The zero-order valence-corrected chi connectivity index (χ0v) is 14.6. The zero-order chi connectivity index (χ0) is 19.4. The molecule has 27 heavy (non-hydrogen) atoms. The van der Waals surface area contributed by atoms with Crippen molar-refractivity contribution in [3.63, 3.8) is 0 Å². The van der Waals surface area contributed by atoms with Gasteiger partial charge in [0.25, 0.3) is 0 Å². The van der Waals surface area contributed by atoms with Gasteiger partial charge in [-0.3, -0.25) is 10.1 Å². The molecule has 140 valence electrons. The summed E-state index contributed by atoms with van der Waals surface area (Å²) in [5, 5.41) is 11.5. The third-order valence-electron chi connectivity index (χ3n) is 4.42. The van der Waals surface area contributed by atoms with Crippen molar-refractivity contribution < 1.29 is 23.6 Å². The number of nitrogens with zero attached hydrogens (tertiary/aromatic N) is 1. The molecule has 0 saturated heterocycles. The van der Waals surface area contributed by atoms with Crippen LogP contribution in [0, 0.1) is 15.9 Å². The lowest BCUT2D eigenvalue weighted by molar-refractivity contribution is -0.570. The molecular weight excluding hydrogens is 353 g/mol. The molecule has 2 aromatic carbocycles. The molecule has 6 nitrogen and oxygen atoms in total. The van der Waals surface area contributed by atoms with E-state index in [0.717, 1.165) is 5.56 Å². The Kier molecular flexibility index (Phi) is 5.49. The lowest BCUT2D eigenvalue weighted by atomic mass is 9.88. The average Bonchev–Trinajstić information content (AvgIpc) is 3.07. The molecule has 0 aromatic heterocycles. The van der Waals surface area contributed by atoms with Crippen LogP contribution in [0.1, 0.15) is 30.4 Å². The quantitative estimate of drug-likeness (QED) is 0.436. The van der Waals surface area contributed by atoms with Crippen molar-refractivity contribution in [3.05, 3.63) is 93.0 Å². The summed E-state index contributed by atoms with van der Waals surface area (Å²) < 4.78 is 24.9. The molecule has 3 rings (SSSR count). The fourth-order valence-corrected chi connectivity index (χ4v) is 3.16. The standard InChI is InChI=1S/C20H18FNO5/c1-2-14-17(15-10-6-7-11-16(15)21)19(22(24)25)27-18(14)20(23)26-12-13-8-4-3-5-9-13/h3-11,17,19H,2,12H2,1H3/t17-,19+/m1/s1. The van der Waals surface area contributed by atoms with Crippen molar-refractivity contribution in [1.29, 1.82) is 0 Å². The minimum atomic E-state index is -1.57. The van der Waals surface area contributed by atoms with Gasteiger partial charge in [0.05, 0.1) is 4.92 Å². The van der Waals surface area contributed by atoms with E-state index >= 15 is 0 Å². The van der Waals surface area contributed by atoms with Crippen LogP contribution >= 0.6 is 0 Å². The molecule has 0 spiro atoms. The molecule has 2 atom stereocenters. The van der Waals surface area contributed by atoms with Crippen LogP contribution in [0.3, 0.4) is 0 Å². The van der Waals surface area contributed by atoms with E-state index in [0.29, 0.717) is 12.0 Å². The van der Waals surface area contributed by atoms with Gasteiger partial charge in [-0.1, -0.05) is 55.5 Å². The molecule has 0 unspecified atom stereocenters. The van der Waals surface area contributed by atoms with Gasteiger partial charge < -0.3 is 9.47 Å². The first-order valence-corrected chi connectivity index (χ1v) is 8.51. The first kappa shape index (κ1) is 18.6. The van der Waals surface area contributed by atoms with Crippen molar-refractivity contribution in [2.75, 3.05) is 0 Å². The largest absolute Gasteiger partial charge is 0.455 e. The van der Waals surface area contributed by atoms with Crippen LogP contribution in [0.25, 0.3) is 0 Å². The summed E-state index contributed by atoms with van der Waals surface area (Å²) in [4.78, 5) is 23.3. The van der Waals surface area contributed by atoms with Crippen molar-refractivity contribution in [2.45, 2.75) is 32.1 Å². The Morgan fingerprint density at radius 1 is 1.19 bits per heavy atom. The number of ether oxygens (including phenoxy) is 2. The second-order valence-corrected chi connectivity index (χ2v) is 6.06. The minimum absolute atomic E-state index is 0.0109. The Balaban J connectivity index is 1.90. The van der Waals surface area contributed by atoms with Crippen molar-refractivity contribution in [3.8, 4) is 0 Å². The fraction of sp³-hybridized carbons (Fsp3) is 0.250. The Bertz CT molecular complexity index is 881. The number of esters is 1. The number of rotatable bonds is 6. The summed E-state index contributed by atoms with van der Waals surface area (Å²) in [5.41, 5.74) is 1.26. The highest BCUT2D eigenvalue weighted by Crippen LogP contribution is 2.42. The summed E-state index contributed by atoms with van der Waals surface area (Å²) in [6.07, 6.45) is -1.28. The van der Waals surface area contributed by atoms with Gasteiger partial charge in [0.1, 0.15) is 18.3 Å². The van der Waals surface area contributed by atoms with Crippen molar-refractivity contribution in [2.24, 2.45) is 0 Å². The van der Waals surface area contributed by atoms with Crippen LogP contribution < -0.4 is 0 Å². The van der Waals surface area contributed by atoms with Gasteiger partial charge in [0, 0.05) is 5.56 Å². The summed E-state index contributed by atoms with van der Waals surface area (Å²) in [6.45, 7) is 1.75. The maximum atomic E-state index is 14.3. The van der Waals surface area contributed by atoms with E-state index in [4.69, 9.17) is 9.47 Å². The van der Waals surface area contributed by atoms with E-state index in [9.17, 15) is 19.3 Å². The topological polar surface area (TPSA) is 78.7 Å². The molecule has 0 saturated carbocycles. The second-order valence-electron chi connectivity index (χ2n) is 6.06. The van der Waals surface area contributed by atoms with Crippen molar-refractivity contribution >= 4 is 5.97 Å². The SMILES string of the molecule is CCC1=C(C(=O)OCc2ccccc2)O[C@H]([N+](=O)[O-])[C@H]1c1ccccc1F. The highest BCUT2D eigenvalue weighted by molar-refractivity contribution is 5.88. The molecule has 0 aliphatic carbocycles. The summed E-state index contributed by atoms with van der Waals surface area (Å²) in [7, 11) is 0. The van der Waals surface area contributed by atoms with Gasteiger partial charge in [-0.25, -0.2) is 9.18 Å². The van der Waals surface area contributed by atoms with Crippen LogP contribution in [0.5, 0.6) is 0 Å². The van der Waals surface area contributed by atoms with Crippen LogP contribution in [0.4, 0.5) is 4.39 Å². The number of hydrogen-bond acceptors (Lipinski definition) is 5. The van der Waals surface area contributed by atoms with Gasteiger partial charge in [-0.2, -0.15) is 0 Å². The molecule has 1 aliphatic heterocycles. The highest BCUT2D eigenvalue weighted by atomic mass is 19.1. The molecule has 2 aromatic rings. The average molecular weight is 371 g/mol. The van der Waals surface area contributed by atoms with Gasteiger partial charge in [-0.15, -0.1) is 0 Å². The van der Waals surface area contributed by atoms with E-state index in [1.807, 2.05) is 18.2 Å². The predicted octanol–water partition coefficient (Wildman–Crippen LogP) is 3.95. The third-order valence-corrected chi connectivity index (χ3v) is 4.42. The molecule has 7 heteroatoms. The van der Waals surface area contributed by atoms with E-state index in [1.165, 1.54) is 18.2 Å². The third kappa shape index (κ3) is 3.81. The first-order valence-electron chi connectivity index (χ1n) is 8.51. The van der Waals surface area contributed by atoms with E-state index in [-0.39, 0.29) is 17.9 Å². The highest BCUT2D eigenvalue weighted by Gasteiger charge is 2.48. The van der Waals surface area contributed by atoms with Gasteiger partial charge in [-0.05, 0) is 23.6 Å². The molecular formula is C20H18FNO5. The fourth-order valence-electron chi connectivity index (χ4n) is 3.16. The molecule has 0 amide bonds. The lowest BCUT2D eigenvalue weighted by Crippen LogP contribution is -2.27. The Hall–Kier alpha value is -3.22. The molecule has 0 radical (unpaired) electrons. The van der Waals surface area contributed by atoms with Gasteiger partial charge >= 0.3 is 12.2 Å². The maximum Gasteiger partial charge on any atom is 0.374 e. The van der Waals surface area contributed by atoms with Crippen LogP contribution in [0.15, 0.2) is 65.9 Å². The van der Waals surface area contributed by atoms with Crippen molar-refractivity contribution in [1.82, 2.24) is 0 Å². The molecule has 1 aliphatic rings.